The molecule has 2 atom stereocenters. The van der Waals surface area contributed by atoms with E-state index in [1.807, 2.05) is 18.2 Å². The first-order valence-corrected chi connectivity index (χ1v) is 4.78. The van der Waals surface area contributed by atoms with Crippen LogP contribution >= 0.6 is 8.25 Å². The topological polar surface area (TPSA) is 59.6 Å². The maximum absolute atomic E-state index is 10.1. The molecule has 0 amide bonds. The highest BCUT2D eigenvalue weighted by Gasteiger charge is 2.21. The lowest BCUT2D eigenvalue weighted by molar-refractivity contribution is -0.777. The van der Waals surface area contributed by atoms with Gasteiger partial charge in [0.05, 0.1) is 4.67 Å². The van der Waals surface area contributed by atoms with E-state index in [1.165, 1.54) is 0 Å². The Morgan fingerprint density at radius 2 is 2.00 bits per heavy atom. The molecule has 2 unspecified atom stereocenters. The third-order valence-electron chi connectivity index (χ3n) is 1.40. The minimum Gasteiger partial charge on any atom is -0.175 e. The van der Waals surface area contributed by atoms with Crippen LogP contribution in [-0.2, 0) is 14.1 Å². The summed E-state index contributed by atoms with van der Waals surface area (Å²) in [6, 6.07) is 5.49. The molecule has 1 rings (SSSR count). The van der Waals surface area contributed by atoms with Gasteiger partial charge in [-0.2, -0.15) is 4.57 Å². The van der Waals surface area contributed by atoms with E-state index in [0.29, 0.717) is 0 Å². The fourth-order valence-electron chi connectivity index (χ4n) is 0.803. The van der Waals surface area contributed by atoms with Gasteiger partial charge in [0.25, 0.3) is 6.23 Å². The summed E-state index contributed by atoms with van der Waals surface area (Å²) in [5.41, 5.74) is 0. The van der Waals surface area contributed by atoms with Crippen LogP contribution in [0.2, 0.25) is 0 Å². The number of hydrogen-bond donors (Lipinski definition) is 1. The Kier molecular flexibility index (Phi) is 3.92. The summed E-state index contributed by atoms with van der Waals surface area (Å²) in [7, 11) is -2.71. The van der Waals surface area contributed by atoms with E-state index in [2.05, 4.69) is 9.56 Å². The fourth-order valence-corrected chi connectivity index (χ4v) is 1.00. The standard InChI is InChI=1S/C7H9NO4P/c1-7(11-12-13(9)10)8-5-3-2-4-6-8/h2-7H,1H3/q+1/p+1. The first kappa shape index (κ1) is 10.2. The number of hydrogen-bond acceptors (Lipinski definition) is 3. The molecule has 6 heteroatoms. The van der Waals surface area contributed by atoms with Gasteiger partial charge in [-0.3, -0.25) is 0 Å². The Morgan fingerprint density at radius 3 is 2.54 bits per heavy atom. The van der Waals surface area contributed by atoms with Crippen molar-refractivity contribution in [2.45, 2.75) is 13.2 Å². The maximum Gasteiger partial charge on any atom is 0.726 e. The zero-order chi connectivity index (χ0) is 9.68. The highest BCUT2D eigenvalue weighted by atomic mass is 31.1. The van der Waals surface area contributed by atoms with E-state index in [4.69, 9.17) is 4.89 Å². The van der Waals surface area contributed by atoms with Crippen molar-refractivity contribution >= 4 is 8.25 Å². The molecule has 5 nitrogen and oxygen atoms in total. The molecule has 0 spiro atoms. The lowest BCUT2D eigenvalue weighted by Crippen LogP contribution is -2.37. The zero-order valence-corrected chi connectivity index (χ0v) is 7.92. The first-order chi connectivity index (χ1) is 6.20. The van der Waals surface area contributed by atoms with Gasteiger partial charge in [-0.05, 0) is 0 Å². The van der Waals surface area contributed by atoms with E-state index in [1.54, 1.807) is 23.9 Å². The van der Waals surface area contributed by atoms with E-state index >= 15 is 0 Å². The molecule has 0 aliphatic rings. The third kappa shape index (κ3) is 3.57. The Hall–Kier alpha value is -0.870. The highest BCUT2D eigenvalue weighted by molar-refractivity contribution is 7.31. The van der Waals surface area contributed by atoms with Gasteiger partial charge in [-0.25, -0.2) is 0 Å². The van der Waals surface area contributed by atoms with Crippen LogP contribution in [0, 0.1) is 0 Å². The molecule has 0 bridgehead atoms. The monoisotopic (exact) mass is 203 g/mol. The molecule has 13 heavy (non-hydrogen) atoms. The Morgan fingerprint density at radius 1 is 1.38 bits per heavy atom. The molecule has 0 aliphatic heterocycles. The van der Waals surface area contributed by atoms with Gasteiger partial charge in [0.15, 0.2) is 12.4 Å². The molecule has 1 heterocycles. The molecule has 0 radical (unpaired) electrons. The SMILES string of the molecule is CC(OO[P+](=O)O)[n+]1ccccc1. The van der Waals surface area contributed by atoms with Crippen LogP contribution in [-0.4, -0.2) is 4.89 Å². The number of nitrogens with zero attached hydrogens (tertiary/aromatic N) is 1. The van der Waals surface area contributed by atoms with Gasteiger partial charge in [-0.15, -0.1) is 9.78 Å². The summed E-state index contributed by atoms with van der Waals surface area (Å²) in [6.45, 7) is 1.69. The van der Waals surface area contributed by atoms with Crippen LogP contribution in [0.4, 0.5) is 0 Å². The van der Waals surface area contributed by atoms with Gasteiger partial charge in [0.1, 0.15) is 0 Å². The minimum absolute atomic E-state index is 0.438. The summed E-state index contributed by atoms with van der Waals surface area (Å²) in [6.07, 6.45) is 3.09. The highest BCUT2D eigenvalue weighted by Crippen LogP contribution is 2.17. The Labute approximate surface area is 76.4 Å². The minimum atomic E-state index is -2.71. The van der Waals surface area contributed by atoms with Crippen molar-refractivity contribution < 1.29 is 23.6 Å². The van der Waals surface area contributed by atoms with E-state index < -0.39 is 14.5 Å². The van der Waals surface area contributed by atoms with E-state index in [-0.39, 0.29) is 0 Å². The number of aromatic nitrogens is 1. The average molecular weight is 203 g/mol. The van der Waals surface area contributed by atoms with Gasteiger partial charge in [0.2, 0.25) is 0 Å². The van der Waals surface area contributed by atoms with Gasteiger partial charge < -0.3 is 0 Å². The molecule has 0 fully saturated rings. The number of pyridine rings is 1. The van der Waals surface area contributed by atoms with Crippen LogP contribution in [0.3, 0.4) is 0 Å². The van der Waals surface area contributed by atoms with Crippen LogP contribution in [0.5, 0.6) is 0 Å². The zero-order valence-electron chi connectivity index (χ0n) is 7.03. The third-order valence-corrected chi connectivity index (χ3v) is 1.62. The fraction of sp³-hybridized carbons (Fsp3) is 0.286. The van der Waals surface area contributed by atoms with Crippen LogP contribution in [0.15, 0.2) is 30.6 Å². The molecule has 1 N–H and O–H groups in total. The smallest absolute Gasteiger partial charge is 0.175 e. The second-order valence-corrected chi connectivity index (χ2v) is 2.96. The quantitative estimate of drug-likeness (QED) is 0.344. The van der Waals surface area contributed by atoms with Crippen molar-refractivity contribution in [2.24, 2.45) is 0 Å². The summed E-state index contributed by atoms with van der Waals surface area (Å²) in [5.74, 6) is 0. The van der Waals surface area contributed by atoms with Gasteiger partial charge in [0, 0.05) is 23.6 Å². The van der Waals surface area contributed by atoms with Crippen LogP contribution in [0.1, 0.15) is 13.2 Å². The molecule has 1 aromatic rings. The van der Waals surface area contributed by atoms with Crippen molar-refractivity contribution in [3.63, 3.8) is 0 Å². The predicted octanol–water partition coefficient (Wildman–Crippen LogP) is 1.09. The summed E-state index contributed by atoms with van der Waals surface area (Å²) in [4.78, 5) is 12.9. The van der Waals surface area contributed by atoms with Gasteiger partial charge >= 0.3 is 8.25 Å². The molecular weight excluding hydrogens is 193 g/mol. The second-order valence-electron chi connectivity index (χ2n) is 2.33. The summed E-state index contributed by atoms with van der Waals surface area (Å²) < 4.78 is 15.9. The predicted molar refractivity (Wildman–Crippen MR) is 43.3 cm³/mol. The normalized spacial score (nSPS) is 13.8. The summed E-state index contributed by atoms with van der Waals surface area (Å²) in [5, 5.41) is 0. The molecule has 0 saturated carbocycles. The van der Waals surface area contributed by atoms with E-state index in [9.17, 15) is 4.57 Å². The van der Waals surface area contributed by atoms with Crippen molar-refractivity contribution in [2.75, 3.05) is 0 Å². The van der Waals surface area contributed by atoms with Crippen LogP contribution < -0.4 is 4.57 Å². The lowest BCUT2D eigenvalue weighted by atomic mass is 10.5. The maximum atomic E-state index is 10.1. The molecule has 0 saturated heterocycles. The largest absolute Gasteiger partial charge is 0.726 e. The summed E-state index contributed by atoms with van der Waals surface area (Å²) >= 11 is 0. The van der Waals surface area contributed by atoms with Gasteiger partial charge in [-0.1, -0.05) is 6.07 Å². The molecular formula is C7H10NO4P+2. The molecule has 1 aromatic heterocycles. The van der Waals surface area contributed by atoms with Crippen molar-refractivity contribution in [1.29, 1.82) is 0 Å². The number of rotatable bonds is 4. The average Bonchev–Trinajstić information content (AvgIpc) is 2.15. The molecule has 0 aromatic carbocycles. The Balaban J connectivity index is 2.49. The van der Waals surface area contributed by atoms with Crippen LogP contribution in [0.25, 0.3) is 0 Å². The Bertz CT molecular complexity index is 279. The van der Waals surface area contributed by atoms with Crippen molar-refractivity contribution in [3.8, 4) is 0 Å². The molecule has 0 aliphatic carbocycles. The first-order valence-electron chi connectivity index (χ1n) is 3.65. The van der Waals surface area contributed by atoms with Crippen molar-refractivity contribution in [3.05, 3.63) is 30.6 Å². The molecule has 70 valence electrons. The second kappa shape index (κ2) is 4.99. The lowest BCUT2D eigenvalue weighted by Gasteiger charge is -1.99. The van der Waals surface area contributed by atoms with E-state index in [0.717, 1.165) is 0 Å². The van der Waals surface area contributed by atoms with Crippen molar-refractivity contribution in [1.82, 2.24) is 0 Å².